The van der Waals surface area contributed by atoms with Crippen LogP contribution < -0.4 is 4.74 Å². The van der Waals surface area contributed by atoms with Crippen molar-refractivity contribution < 1.29 is 19.4 Å². The fourth-order valence-corrected chi connectivity index (χ4v) is 4.04. The second-order valence-corrected chi connectivity index (χ2v) is 8.70. The fraction of sp³-hybridized carbons (Fsp3) is 0.385. The zero-order valence-electron chi connectivity index (χ0n) is 19.5. The molecule has 0 aliphatic carbocycles. The third-order valence-corrected chi connectivity index (χ3v) is 5.48. The van der Waals surface area contributed by atoms with Gasteiger partial charge in [0.05, 0.1) is 17.7 Å². The minimum atomic E-state index is -0.650. The number of ketones is 1. The highest BCUT2D eigenvalue weighted by atomic mass is 16.5. The van der Waals surface area contributed by atoms with Gasteiger partial charge in [-0.2, -0.15) is 0 Å². The molecule has 1 fully saturated rings. The number of ether oxygens (including phenoxy) is 1. The Kier molecular flexibility index (Phi) is 7.36. The zero-order valence-corrected chi connectivity index (χ0v) is 19.5. The lowest BCUT2D eigenvalue weighted by atomic mass is 9.94. The van der Waals surface area contributed by atoms with E-state index in [4.69, 9.17) is 4.74 Å². The molecule has 2 aromatic carbocycles. The van der Waals surface area contributed by atoms with Crippen molar-refractivity contribution in [2.45, 2.75) is 39.3 Å². The van der Waals surface area contributed by atoms with E-state index in [0.29, 0.717) is 17.9 Å². The van der Waals surface area contributed by atoms with Crippen molar-refractivity contribution in [2.24, 2.45) is 0 Å². The first-order valence-electron chi connectivity index (χ1n) is 11.0. The first-order valence-corrected chi connectivity index (χ1v) is 11.0. The summed E-state index contributed by atoms with van der Waals surface area (Å²) in [5.74, 6) is -0.682. The van der Waals surface area contributed by atoms with E-state index < -0.39 is 17.7 Å². The Morgan fingerprint density at radius 3 is 2.41 bits per heavy atom. The highest BCUT2D eigenvalue weighted by Crippen LogP contribution is 2.40. The van der Waals surface area contributed by atoms with Gasteiger partial charge >= 0.3 is 0 Å². The Morgan fingerprint density at radius 1 is 1.12 bits per heavy atom. The molecule has 1 N–H and O–H groups in total. The third-order valence-electron chi connectivity index (χ3n) is 5.48. The standard InChI is InChI=1S/C26H32N2O4/c1-17(2)32-20-12-13-21(18(3)16-20)24(29)22-23(19-10-7-6-8-11-19)28(26(31)25(22)30)15-9-14-27(4)5/h6-8,10-13,16-17,23,29H,9,14-15H2,1-5H3/t23-/m0/s1. The summed E-state index contributed by atoms with van der Waals surface area (Å²) in [5.41, 5.74) is 2.22. The van der Waals surface area contributed by atoms with Gasteiger partial charge in [-0.25, -0.2) is 0 Å². The van der Waals surface area contributed by atoms with Crippen LogP contribution in [0.4, 0.5) is 0 Å². The number of aliphatic hydroxyl groups excluding tert-OH is 1. The normalized spacial score (nSPS) is 18.1. The molecule has 2 aromatic rings. The van der Waals surface area contributed by atoms with Crippen molar-refractivity contribution in [3.8, 4) is 5.75 Å². The Bertz CT molecular complexity index is 1010. The Labute approximate surface area is 190 Å². The number of aryl methyl sites for hydroxylation is 1. The highest BCUT2D eigenvalue weighted by Gasteiger charge is 2.45. The van der Waals surface area contributed by atoms with Gasteiger partial charge in [-0.15, -0.1) is 0 Å². The average molecular weight is 437 g/mol. The number of rotatable bonds is 8. The van der Waals surface area contributed by atoms with Crippen LogP contribution in [0.2, 0.25) is 0 Å². The Morgan fingerprint density at radius 2 is 1.81 bits per heavy atom. The number of carbonyl (C=O) groups is 2. The molecule has 1 amide bonds. The molecule has 0 spiro atoms. The SMILES string of the molecule is Cc1cc(OC(C)C)ccc1C(O)=C1C(=O)C(=O)N(CCCN(C)C)[C@H]1c1ccccc1. The number of amides is 1. The maximum Gasteiger partial charge on any atom is 0.295 e. The van der Waals surface area contributed by atoms with Crippen molar-refractivity contribution >= 4 is 17.4 Å². The molecule has 1 aliphatic heterocycles. The van der Waals surface area contributed by atoms with Crippen molar-refractivity contribution in [3.05, 3.63) is 70.8 Å². The number of Topliss-reactive ketones (excluding diaryl/α,β-unsaturated/α-hetero) is 1. The van der Waals surface area contributed by atoms with Gasteiger partial charge in [0.2, 0.25) is 0 Å². The highest BCUT2D eigenvalue weighted by molar-refractivity contribution is 6.46. The van der Waals surface area contributed by atoms with Crippen LogP contribution in [0.1, 0.15) is 43.0 Å². The van der Waals surface area contributed by atoms with Gasteiger partial charge < -0.3 is 19.6 Å². The fourth-order valence-electron chi connectivity index (χ4n) is 4.04. The molecule has 0 saturated carbocycles. The van der Waals surface area contributed by atoms with E-state index in [9.17, 15) is 14.7 Å². The van der Waals surface area contributed by atoms with Gasteiger partial charge in [-0.3, -0.25) is 9.59 Å². The summed E-state index contributed by atoms with van der Waals surface area (Å²) in [4.78, 5) is 29.7. The zero-order chi connectivity index (χ0) is 23.4. The third kappa shape index (κ3) is 5.02. The van der Waals surface area contributed by atoms with Crippen LogP contribution in [-0.2, 0) is 9.59 Å². The first-order chi connectivity index (χ1) is 15.2. The van der Waals surface area contributed by atoms with E-state index in [0.717, 1.165) is 24.1 Å². The number of hydrogen-bond donors (Lipinski definition) is 1. The summed E-state index contributed by atoms with van der Waals surface area (Å²) in [6, 6.07) is 14.1. The monoisotopic (exact) mass is 436 g/mol. The second-order valence-electron chi connectivity index (χ2n) is 8.70. The molecular weight excluding hydrogens is 404 g/mol. The molecule has 0 bridgehead atoms. The minimum absolute atomic E-state index is 0.0272. The molecule has 0 aromatic heterocycles. The number of hydrogen-bond acceptors (Lipinski definition) is 5. The summed E-state index contributed by atoms with van der Waals surface area (Å²) in [5, 5.41) is 11.3. The smallest absolute Gasteiger partial charge is 0.295 e. The van der Waals surface area contributed by atoms with E-state index in [1.807, 2.05) is 76.2 Å². The maximum absolute atomic E-state index is 13.1. The van der Waals surface area contributed by atoms with Gasteiger partial charge in [0.1, 0.15) is 11.5 Å². The van der Waals surface area contributed by atoms with Crippen LogP contribution in [-0.4, -0.2) is 59.9 Å². The van der Waals surface area contributed by atoms with E-state index >= 15 is 0 Å². The predicted molar refractivity (Wildman–Crippen MR) is 126 cm³/mol. The van der Waals surface area contributed by atoms with E-state index in [-0.39, 0.29) is 17.4 Å². The molecule has 6 heteroatoms. The molecule has 0 radical (unpaired) electrons. The summed E-state index contributed by atoms with van der Waals surface area (Å²) in [6.45, 7) is 6.97. The number of benzene rings is 2. The summed E-state index contributed by atoms with van der Waals surface area (Å²) in [6.07, 6.45) is 0.753. The topological polar surface area (TPSA) is 70.1 Å². The van der Waals surface area contributed by atoms with Crippen molar-refractivity contribution in [2.75, 3.05) is 27.2 Å². The molecule has 170 valence electrons. The van der Waals surface area contributed by atoms with E-state index in [1.165, 1.54) is 0 Å². The second kappa shape index (κ2) is 10.0. The molecule has 1 heterocycles. The van der Waals surface area contributed by atoms with Crippen LogP contribution >= 0.6 is 0 Å². The first kappa shape index (κ1) is 23.5. The van der Waals surface area contributed by atoms with Crippen molar-refractivity contribution in [1.29, 1.82) is 0 Å². The van der Waals surface area contributed by atoms with Gasteiger partial charge in [0, 0.05) is 12.1 Å². The van der Waals surface area contributed by atoms with Gasteiger partial charge in [0.15, 0.2) is 0 Å². The lowest BCUT2D eigenvalue weighted by molar-refractivity contribution is -0.139. The maximum atomic E-state index is 13.1. The molecule has 1 saturated heterocycles. The van der Waals surface area contributed by atoms with Gasteiger partial charge in [-0.1, -0.05) is 30.3 Å². The lowest BCUT2D eigenvalue weighted by Crippen LogP contribution is -2.32. The van der Waals surface area contributed by atoms with Crippen LogP contribution in [0.5, 0.6) is 5.75 Å². The van der Waals surface area contributed by atoms with Crippen molar-refractivity contribution in [1.82, 2.24) is 9.80 Å². The molecule has 3 rings (SSSR count). The molecular formula is C26H32N2O4. The molecule has 0 unspecified atom stereocenters. The number of likely N-dealkylation sites (tertiary alicyclic amines) is 1. The van der Waals surface area contributed by atoms with Crippen LogP contribution in [0, 0.1) is 6.92 Å². The largest absolute Gasteiger partial charge is 0.507 e. The number of aliphatic hydroxyl groups is 1. The summed E-state index contributed by atoms with van der Waals surface area (Å²) < 4.78 is 5.73. The molecule has 32 heavy (non-hydrogen) atoms. The molecule has 1 aliphatic rings. The molecule has 6 nitrogen and oxygen atoms in total. The average Bonchev–Trinajstić information content (AvgIpc) is 2.98. The van der Waals surface area contributed by atoms with Crippen LogP contribution in [0.25, 0.3) is 5.76 Å². The van der Waals surface area contributed by atoms with Gasteiger partial charge in [0.25, 0.3) is 11.7 Å². The van der Waals surface area contributed by atoms with Crippen molar-refractivity contribution in [3.63, 3.8) is 0 Å². The van der Waals surface area contributed by atoms with E-state index in [1.54, 1.807) is 17.0 Å². The summed E-state index contributed by atoms with van der Waals surface area (Å²) >= 11 is 0. The lowest BCUT2D eigenvalue weighted by Gasteiger charge is -2.26. The van der Waals surface area contributed by atoms with Gasteiger partial charge in [-0.05, 0) is 77.2 Å². The Hall–Kier alpha value is -3.12. The van der Waals surface area contributed by atoms with E-state index in [2.05, 4.69) is 0 Å². The number of nitrogens with zero attached hydrogens (tertiary/aromatic N) is 2. The summed E-state index contributed by atoms with van der Waals surface area (Å²) in [7, 11) is 3.94. The minimum Gasteiger partial charge on any atom is -0.507 e. The number of carbonyl (C=O) groups excluding carboxylic acids is 2. The molecule has 1 atom stereocenters. The van der Waals surface area contributed by atoms with Crippen LogP contribution in [0.15, 0.2) is 54.1 Å². The quantitative estimate of drug-likeness (QED) is 0.382. The predicted octanol–water partition coefficient (Wildman–Crippen LogP) is 4.16. The Balaban J connectivity index is 2.06. The van der Waals surface area contributed by atoms with Crippen LogP contribution in [0.3, 0.4) is 0 Å².